The largest absolute Gasteiger partial charge is 0.444 e. The number of nitrogens with zero attached hydrogens (tertiary/aromatic N) is 2. The molecule has 0 bridgehead atoms. The summed E-state index contributed by atoms with van der Waals surface area (Å²) in [6.45, 7) is 7.58. The Kier molecular flexibility index (Phi) is 6.33. The van der Waals surface area contributed by atoms with Crippen molar-refractivity contribution < 1.29 is 14.3 Å². The molecule has 0 aromatic rings. The molecule has 0 unspecified atom stereocenters. The molecule has 0 fully saturated rings. The van der Waals surface area contributed by atoms with Crippen LogP contribution in [0, 0.1) is 0 Å². The summed E-state index contributed by atoms with van der Waals surface area (Å²) in [5.41, 5.74) is -0.489. The van der Waals surface area contributed by atoms with E-state index >= 15 is 0 Å². The maximum Gasteiger partial charge on any atom is 0.410 e. The SMILES string of the molecule is CN(CCCNC(=O)CN1C=CNC1)C(=O)OC(C)(C)C. The van der Waals surface area contributed by atoms with Crippen LogP contribution in [0.15, 0.2) is 12.4 Å². The van der Waals surface area contributed by atoms with E-state index in [1.165, 1.54) is 4.90 Å². The normalized spacial score (nSPS) is 13.8. The number of amides is 2. The topological polar surface area (TPSA) is 73.9 Å². The highest BCUT2D eigenvalue weighted by Gasteiger charge is 2.19. The second kappa shape index (κ2) is 7.75. The lowest BCUT2D eigenvalue weighted by atomic mass is 10.2. The molecule has 0 aliphatic carbocycles. The highest BCUT2D eigenvalue weighted by molar-refractivity contribution is 5.78. The Morgan fingerprint density at radius 3 is 2.71 bits per heavy atom. The van der Waals surface area contributed by atoms with E-state index < -0.39 is 5.60 Å². The monoisotopic (exact) mass is 298 g/mol. The van der Waals surface area contributed by atoms with Gasteiger partial charge in [0.25, 0.3) is 0 Å². The summed E-state index contributed by atoms with van der Waals surface area (Å²) in [6.07, 6.45) is 4.00. The number of ether oxygens (including phenoxy) is 1. The van der Waals surface area contributed by atoms with Crippen LogP contribution in [0.3, 0.4) is 0 Å². The zero-order chi connectivity index (χ0) is 15.9. The molecule has 0 saturated heterocycles. The van der Waals surface area contributed by atoms with Crippen LogP contribution in [0.2, 0.25) is 0 Å². The first kappa shape index (κ1) is 17.1. The third-order valence-electron chi connectivity index (χ3n) is 2.74. The van der Waals surface area contributed by atoms with Crippen molar-refractivity contribution in [2.24, 2.45) is 0 Å². The molecule has 0 spiro atoms. The minimum absolute atomic E-state index is 0.0247. The van der Waals surface area contributed by atoms with Gasteiger partial charge in [-0.2, -0.15) is 0 Å². The molecule has 1 aliphatic heterocycles. The van der Waals surface area contributed by atoms with Gasteiger partial charge >= 0.3 is 6.09 Å². The molecule has 21 heavy (non-hydrogen) atoms. The lowest BCUT2D eigenvalue weighted by Crippen LogP contribution is -2.38. The van der Waals surface area contributed by atoms with Crippen LogP contribution in [-0.4, -0.2) is 60.8 Å². The average molecular weight is 298 g/mol. The van der Waals surface area contributed by atoms with Gasteiger partial charge in [-0.1, -0.05) is 0 Å². The van der Waals surface area contributed by atoms with E-state index in [2.05, 4.69) is 10.6 Å². The van der Waals surface area contributed by atoms with Crippen molar-refractivity contribution in [1.29, 1.82) is 0 Å². The van der Waals surface area contributed by atoms with Gasteiger partial charge in [0, 0.05) is 32.5 Å². The fourth-order valence-corrected chi connectivity index (χ4v) is 1.70. The molecular formula is C14H26N4O3. The van der Waals surface area contributed by atoms with Crippen LogP contribution in [-0.2, 0) is 9.53 Å². The summed E-state index contributed by atoms with van der Waals surface area (Å²) in [4.78, 5) is 26.8. The molecule has 0 saturated carbocycles. The van der Waals surface area contributed by atoms with E-state index in [0.29, 0.717) is 32.7 Å². The predicted octanol–water partition coefficient (Wildman–Crippen LogP) is 0.694. The van der Waals surface area contributed by atoms with Crippen molar-refractivity contribution in [3.63, 3.8) is 0 Å². The molecule has 1 heterocycles. The Bertz CT molecular complexity index is 390. The zero-order valence-electron chi connectivity index (χ0n) is 13.3. The molecule has 0 aromatic carbocycles. The number of carbonyl (C=O) groups excluding carboxylic acids is 2. The molecule has 7 heteroatoms. The first-order chi connectivity index (χ1) is 9.78. The van der Waals surface area contributed by atoms with Crippen LogP contribution in [0.5, 0.6) is 0 Å². The van der Waals surface area contributed by atoms with Crippen LogP contribution < -0.4 is 10.6 Å². The Hall–Kier alpha value is -1.92. The summed E-state index contributed by atoms with van der Waals surface area (Å²) in [6, 6.07) is 0. The van der Waals surface area contributed by atoms with E-state index in [0.717, 1.165) is 0 Å². The maximum atomic E-state index is 11.7. The summed E-state index contributed by atoms with van der Waals surface area (Å²) < 4.78 is 5.24. The fraction of sp³-hybridized carbons (Fsp3) is 0.714. The molecule has 0 atom stereocenters. The van der Waals surface area contributed by atoms with Crippen molar-refractivity contribution in [3.8, 4) is 0 Å². The first-order valence-corrected chi connectivity index (χ1v) is 7.13. The van der Waals surface area contributed by atoms with Crippen molar-refractivity contribution >= 4 is 12.0 Å². The lowest BCUT2D eigenvalue weighted by Gasteiger charge is -2.24. The van der Waals surface area contributed by atoms with Gasteiger partial charge < -0.3 is 25.2 Å². The minimum atomic E-state index is -0.489. The lowest BCUT2D eigenvalue weighted by molar-refractivity contribution is -0.121. The van der Waals surface area contributed by atoms with Crippen molar-refractivity contribution in [2.75, 3.05) is 33.4 Å². The Morgan fingerprint density at radius 1 is 1.43 bits per heavy atom. The molecule has 120 valence electrons. The maximum absolute atomic E-state index is 11.7. The quantitative estimate of drug-likeness (QED) is 0.706. The van der Waals surface area contributed by atoms with E-state index in [1.54, 1.807) is 7.05 Å². The first-order valence-electron chi connectivity index (χ1n) is 7.13. The van der Waals surface area contributed by atoms with Crippen molar-refractivity contribution in [2.45, 2.75) is 32.8 Å². The van der Waals surface area contributed by atoms with Gasteiger partial charge in [0.2, 0.25) is 5.91 Å². The fourth-order valence-electron chi connectivity index (χ4n) is 1.70. The third-order valence-corrected chi connectivity index (χ3v) is 2.74. The van der Waals surface area contributed by atoms with E-state index in [-0.39, 0.29) is 12.0 Å². The Labute approximate surface area is 126 Å². The number of carbonyl (C=O) groups is 2. The van der Waals surface area contributed by atoms with Crippen molar-refractivity contribution in [1.82, 2.24) is 20.4 Å². The minimum Gasteiger partial charge on any atom is -0.444 e. The molecule has 2 amide bonds. The van der Waals surface area contributed by atoms with E-state index in [9.17, 15) is 9.59 Å². The Balaban J connectivity index is 2.11. The van der Waals surface area contributed by atoms with Gasteiger partial charge in [-0.3, -0.25) is 4.79 Å². The van der Waals surface area contributed by atoms with Gasteiger partial charge in [-0.25, -0.2) is 4.79 Å². The second-order valence-corrected chi connectivity index (χ2v) is 6.03. The summed E-state index contributed by atoms with van der Waals surface area (Å²) in [5.74, 6) is -0.0247. The molecule has 1 aliphatic rings. The molecule has 0 radical (unpaired) electrons. The molecule has 7 nitrogen and oxygen atoms in total. The predicted molar refractivity (Wildman–Crippen MR) is 80.3 cm³/mol. The number of hydrogen-bond donors (Lipinski definition) is 2. The number of hydrogen-bond acceptors (Lipinski definition) is 5. The summed E-state index contributed by atoms with van der Waals surface area (Å²) >= 11 is 0. The number of nitrogens with one attached hydrogen (secondary N) is 2. The van der Waals surface area contributed by atoms with Crippen LogP contribution in [0.1, 0.15) is 27.2 Å². The Morgan fingerprint density at radius 2 is 2.14 bits per heavy atom. The van der Waals surface area contributed by atoms with Gasteiger partial charge in [0.1, 0.15) is 5.60 Å². The molecule has 0 aromatic heterocycles. The average Bonchev–Trinajstić information content (AvgIpc) is 2.85. The number of rotatable bonds is 6. The standard InChI is InChI=1S/C14H26N4O3/c1-14(2,3)21-13(20)17(4)8-5-6-16-12(19)10-18-9-7-15-11-18/h7,9,15H,5-6,8,10-11H2,1-4H3,(H,16,19). The van der Waals surface area contributed by atoms with E-state index in [1.807, 2.05) is 38.1 Å². The van der Waals surface area contributed by atoms with Gasteiger partial charge in [0.05, 0.1) is 13.2 Å². The highest BCUT2D eigenvalue weighted by Crippen LogP contribution is 2.09. The smallest absolute Gasteiger partial charge is 0.410 e. The molecule has 1 rings (SSSR count). The summed E-state index contributed by atoms with van der Waals surface area (Å²) in [5, 5.41) is 5.83. The zero-order valence-corrected chi connectivity index (χ0v) is 13.3. The summed E-state index contributed by atoms with van der Waals surface area (Å²) in [7, 11) is 1.69. The van der Waals surface area contributed by atoms with Gasteiger partial charge in [-0.15, -0.1) is 0 Å². The van der Waals surface area contributed by atoms with E-state index in [4.69, 9.17) is 4.74 Å². The van der Waals surface area contributed by atoms with Gasteiger partial charge in [-0.05, 0) is 27.2 Å². The van der Waals surface area contributed by atoms with Gasteiger partial charge in [0.15, 0.2) is 0 Å². The third kappa shape index (κ3) is 7.43. The molecular weight excluding hydrogens is 272 g/mol. The van der Waals surface area contributed by atoms with Crippen LogP contribution in [0.4, 0.5) is 4.79 Å². The highest BCUT2D eigenvalue weighted by atomic mass is 16.6. The molecule has 2 N–H and O–H groups in total. The van der Waals surface area contributed by atoms with Crippen LogP contribution in [0.25, 0.3) is 0 Å². The second-order valence-electron chi connectivity index (χ2n) is 6.03. The van der Waals surface area contributed by atoms with Crippen molar-refractivity contribution in [3.05, 3.63) is 12.4 Å². The van der Waals surface area contributed by atoms with Crippen LogP contribution >= 0.6 is 0 Å².